The van der Waals surface area contributed by atoms with Crippen molar-refractivity contribution in [1.82, 2.24) is 24.8 Å². The van der Waals surface area contributed by atoms with E-state index in [1.807, 2.05) is 36.4 Å². The van der Waals surface area contributed by atoms with Crippen molar-refractivity contribution >= 4 is 17.6 Å². The number of amides is 2. The van der Waals surface area contributed by atoms with Crippen LogP contribution in [0.25, 0.3) is 16.9 Å². The van der Waals surface area contributed by atoms with Crippen LogP contribution in [0.2, 0.25) is 0 Å². The highest BCUT2D eigenvalue weighted by Gasteiger charge is 2.25. The number of benzene rings is 1. The molecule has 1 fully saturated rings. The van der Waals surface area contributed by atoms with Gasteiger partial charge in [0.2, 0.25) is 0 Å². The van der Waals surface area contributed by atoms with Crippen LogP contribution in [-0.4, -0.2) is 57.7 Å². The Morgan fingerprint density at radius 1 is 1.14 bits per heavy atom. The van der Waals surface area contributed by atoms with E-state index >= 15 is 0 Å². The van der Waals surface area contributed by atoms with Crippen molar-refractivity contribution in [1.29, 1.82) is 0 Å². The summed E-state index contributed by atoms with van der Waals surface area (Å²) in [6.45, 7) is 1.12. The van der Waals surface area contributed by atoms with E-state index in [4.69, 9.17) is 4.74 Å². The Kier molecular flexibility index (Phi) is 4.92. The fraction of sp³-hybridized carbons (Fsp3) is 0.300. The molecule has 0 spiro atoms. The summed E-state index contributed by atoms with van der Waals surface area (Å²) >= 11 is 0. The van der Waals surface area contributed by atoms with Gasteiger partial charge in [0.25, 0.3) is 5.91 Å². The topological polar surface area (TPSA) is 88.8 Å². The van der Waals surface area contributed by atoms with Crippen LogP contribution >= 0.6 is 0 Å². The number of hydrogen-bond donors (Lipinski definition) is 1. The molecule has 8 nitrogen and oxygen atoms in total. The molecular formula is C20H21N5O3. The zero-order valence-corrected chi connectivity index (χ0v) is 15.5. The van der Waals surface area contributed by atoms with Gasteiger partial charge in [-0.05, 0) is 18.9 Å². The van der Waals surface area contributed by atoms with Crippen molar-refractivity contribution in [3.05, 3.63) is 54.4 Å². The van der Waals surface area contributed by atoms with Gasteiger partial charge in [-0.2, -0.15) is 5.10 Å². The highest BCUT2D eigenvalue weighted by Crippen LogP contribution is 2.21. The van der Waals surface area contributed by atoms with Gasteiger partial charge in [-0.1, -0.05) is 30.3 Å². The monoisotopic (exact) mass is 379 g/mol. The van der Waals surface area contributed by atoms with Crippen LogP contribution in [-0.2, 0) is 4.74 Å². The van der Waals surface area contributed by atoms with Crippen LogP contribution in [0, 0.1) is 0 Å². The molecule has 0 aliphatic carbocycles. The number of ether oxygens (including phenoxy) is 1. The third kappa shape index (κ3) is 3.40. The molecule has 1 N–H and O–H groups in total. The number of nitrogens with one attached hydrogen (secondary N) is 1. The molecule has 1 aliphatic rings. The van der Waals surface area contributed by atoms with E-state index < -0.39 is 0 Å². The zero-order chi connectivity index (χ0) is 19.5. The summed E-state index contributed by atoms with van der Waals surface area (Å²) in [5.74, 6) is -0.204. The van der Waals surface area contributed by atoms with E-state index in [0.717, 1.165) is 11.3 Å². The number of fused-ring (bicyclic) bond motifs is 1. The number of piperidine rings is 1. The van der Waals surface area contributed by atoms with Crippen molar-refractivity contribution in [3.8, 4) is 11.3 Å². The maximum atomic E-state index is 12.8. The first-order valence-corrected chi connectivity index (χ1v) is 9.19. The van der Waals surface area contributed by atoms with Crippen molar-refractivity contribution in [3.63, 3.8) is 0 Å². The van der Waals surface area contributed by atoms with Gasteiger partial charge in [-0.15, -0.1) is 0 Å². The highest BCUT2D eigenvalue weighted by atomic mass is 16.5. The Hall–Kier alpha value is -3.42. The van der Waals surface area contributed by atoms with Gasteiger partial charge < -0.3 is 15.0 Å². The standard InChI is InChI=1S/C20H21N5O3/c1-28-20(27)24-11-8-15(9-12-24)23-19(26)16-13-22-25-17(7-10-21-18(16)25)14-5-3-2-4-6-14/h2-7,10,13,15H,8-9,11-12H2,1H3,(H,23,26). The molecule has 28 heavy (non-hydrogen) atoms. The average Bonchev–Trinajstić information content (AvgIpc) is 3.19. The molecule has 3 heterocycles. The molecule has 1 aliphatic heterocycles. The second-order valence-corrected chi connectivity index (χ2v) is 6.69. The fourth-order valence-corrected chi connectivity index (χ4v) is 3.48. The van der Waals surface area contributed by atoms with Gasteiger partial charge in [-0.3, -0.25) is 4.79 Å². The minimum absolute atomic E-state index is 0.000613. The lowest BCUT2D eigenvalue weighted by atomic mass is 10.1. The zero-order valence-electron chi connectivity index (χ0n) is 15.5. The second kappa shape index (κ2) is 7.67. The van der Waals surface area contributed by atoms with Crippen LogP contribution in [0.4, 0.5) is 4.79 Å². The lowest BCUT2D eigenvalue weighted by Crippen LogP contribution is -2.46. The Labute approximate surface area is 162 Å². The van der Waals surface area contributed by atoms with E-state index in [1.165, 1.54) is 7.11 Å². The van der Waals surface area contributed by atoms with Gasteiger partial charge in [0.15, 0.2) is 5.65 Å². The first kappa shape index (κ1) is 18.0. The summed E-state index contributed by atoms with van der Waals surface area (Å²) in [7, 11) is 1.37. The molecular weight excluding hydrogens is 358 g/mol. The number of hydrogen-bond acceptors (Lipinski definition) is 5. The van der Waals surface area contributed by atoms with Crippen molar-refractivity contribution < 1.29 is 14.3 Å². The number of aromatic nitrogens is 3. The van der Waals surface area contributed by atoms with Crippen LogP contribution in [0.3, 0.4) is 0 Å². The van der Waals surface area contributed by atoms with Crippen LogP contribution in [0.5, 0.6) is 0 Å². The summed E-state index contributed by atoms with van der Waals surface area (Å²) in [6, 6.07) is 11.7. The summed E-state index contributed by atoms with van der Waals surface area (Å²) in [4.78, 5) is 30.4. The lowest BCUT2D eigenvalue weighted by molar-refractivity contribution is 0.0893. The summed E-state index contributed by atoms with van der Waals surface area (Å²) in [5, 5.41) is 7.42. The molecule has 0 atom stereocenters. The third-order valence-corrected chi connectivity index (χ3v) is 4.98. The average molecular weight is 379 g/mol. The lowest BCUT2D eigenvalue weighted by Gasteiger charge is -2.31. The first-order valence-electron chi connectivity index (χ1n) is 9.19. The smallest absolute Gasteiger partial charge is 0.409 e. The van der Waals surface area contributed by atoms with E-state index in [0.29, 0.717) is 37.1 Å². The van der Waals surface area contributed by atoms with Crippen molar-refractivity contribution in [2.45, 2.75) is 18.9 Å². The summed E-state index contributed by atoms with van der Waals surface area (Å²) in [5.41, 5.74) is 2.83. The number of methoxy groups -OCH3 is 1. The molecule has 8 heteroatoms. The second-order valence-electron chi connectivity index (χ2n) is 6.69. The highest BCUT2D eigenvalue weighted by molar-refractivity contribution is 6.00. The number of likely N-dealkylation sites (tertiary alicyclic amines) is 1. The van der Waals surface area contributed by atoms with E-state index in [2.05, 4.69) is 15.4 Å². The van der Waals surface area contributed by atoms with Gasteiger partial charge in [-0.25, -0.2) is 14.3 Å². The van der Waals surface area contributed by atoms with Crippen LogP contribution < -0.4 is 5.32 Å². The van der Waals surface area contributed by atoms with Gasteiger partial charge in [0.1, 0.15) is 5.56 Å². The molecule has 0 bridgehead atoms. The molecule has 0 radical (unpaired) electrons. The minimum Gasteiger partial charge on any atom is -0.453 e. The fourth-order valence-electron chi connectivity index (χ4n) is 3.48. The third-order valence-electron chi connectivity index (χ3n) is 4.98. The quantitative estimate of drug-likeness (QED) is 0.755. The number of nitrogens with zero attached hydrogens (tertiary/aromatic N) is 4. The predicted molar refractivity (Wildman–Crippen MR) is 103 cm³/mol. The largest absolute Gasteiger partial charge is 0.453 e. The maximum absolute atomic E-state index is 12.8. The molecule has 3 aromatic rings. The number of rotatable bonds is 3. The Balaban J connectivity index is 1.51. The van der Waals surface area contributed by atoms with Crippen LogP contribution in [0.1, 0.15) is 23.2 Å². The summed E-state index contributed by atoms with van der Waals surface area (Å²) < 4.78 is 6.43. The molecule has 4 rings (SSSR count). The molecule has 1 aromatic carbocycles. The summed E-state index contributed by atoms with van der Waals surface area (Å²) in [6.07, 6.45) is 4.27. The predicted octanol–water partition coefficient (Wildman–Crippen LogP) is 2.36. The first-order chi connectivity index (χ1) is 13.7. The van der Waals surface area contributed by atoms with Gasteiger partial charge in [0.05, 0.1) is 19.0 Å². The van der Waals surface area contributed by atoms with Crippen LogP contribution in [0.15, 0.2) is 48.8 Å². The molecule has 0 unspecified atom stereocenters. The number of carbonyl (C=O) groups excluding carboxylic acids is 2. The molecule has 0 saturated carbocycles. The molecule has 2 amide bonds. The van der Waals surface area contributed by atoms with Gasteiger partial charge >= 0.3 is 6.09 Å². The van der Waals surface area contributed by atoms with E-state index in [9.17, 15) is 9.59 Å². The number of carbonyl (C=O) groups is 2. The molecule has 1 saturated heterocycles. The Bertz CT molecular complexity index is 994. The Morgan fingerprint density at radius 3 is 2.61 bits per heavy atom. The van der Waals surface area contributed by atoms with Crippen molar-refractivity contribution in [2.24, 2.45) is 0 Å². The van der Waals surface area contributed by atoms with Crippen molar-refractivity contribution in [2.75, 3.05) is 20.2 Å². The molecule has 2 aromatic heterocycles. The Morgan fingerprint density at radius 2 is 1.89 bits per heavy atom. The van der Waals surface area contributed by atoms with E-state index in [-0.39, 0.29) is 18.0 Å². The SMILES string of the molecule is COC(=O)N1CCC(NC(=O)c2cnn3c(-c4ccccc4)ccnc23)CC1. The normalized spacial score (nSPS) is 14.8. The van der Waals surface area contributed by atoms with E-state index in [1.54, 1.807) is 21.8 Å². The minimum atomic E-state index is -0.329. The maximum Gasteiger partial charge on any atom is 0.409 e. The molecule has 144 valence electrons. The van der Waals surface area contributed by atoms with Gasteiger partial charge in [0, 0.05) is 30.9 Å².